The lowest BCUT2D eigenvalue weighted by molar-refractivity contribution is -0.171. The van der Waals surface area contributed by atoms with Crippen molar-refractivity contribution in [2.45, 2.75) is 12.6 Å². The van der Waals surface area contributed by atoms with E-state index in [-0.39, 0.29) is 0 Å². The van der Waals surface area contributed by atoms with Crippen molar-refractivity contribution in [2.24, 2.45) is 0 Å². The molecule has 0 aliphatic carbocycles. The third-order valence-electron chi connectivity index (χ3n) is 0.565. The van der Waals surface area contributed by atoms with Crippen LogP contribution in [0.4, 0.5) is 22.0 Å². The highest BCUT2D eigenvalue weighted by Gasteiger charge is 2.32. The van der Waals surface area contributed by atoms with Crippen LogP contribution in [-0.4, -0.2) is 12.6 Å². The van der Waals surface area contributed by atoms with E-state index in [9.17, 15) is 22.0 Å². The fraction of sp³-hybridized carbons (Fsp3) is 0.500. The summed E-state index contributed by atoms with van der Waals surface area (Å²) in [6, 6.07) is 0. The van der Waals surface area contributed by atoms with E-state index >= 15 is 0 Å². The van der Waals surface area contributed by atoms with E-state index in [4.69, 9.17) is 0 Å². The van der Waals surface area contributed by atoms with Gasteiger partial charge >= 0.3 is 6.30 Å². The minimum absolute atomic E-state index is 0.377. The maximum atomic E-state index is 11.7. The quantitative estimate of drug-likeness (QED) is 0.481. The largest absolute Gasteiger partial charge is 0.459 e. The maximum absolute atomic E-state index is 11.7. The van der Waals surface area contributed by atoms with Gasteiger partial charge in [-0.3, -0.25) is 0 Å². The first-order valence-electron chi connectivity index (χ1n) is 2.16. The second-order valence-corrected chi connectivity index (χ2v) is 1.45. The zero-order valence-corrected chi connectivity index (χ0v) is 4.67. The van der Waals surface area contributed by atoms with E-state index in [1.165, 1.54) is 0 Å². The van der Waals surface area contributed by atoms with E-state index in [1.54, 1.807) is 0 Å². The van der Waals surface area contributed by atoms with Gasteiger partial charge in [0.1, 0.15) is 5.83 Å². The number of halogens is 5. The van der Waals surface area contributed by atoms with Crippen LogP contribution >= 0.6 is 0 Å². The van der Waals surface area contributed by atoms with Crippen molar-refractivity contribution in [1.29, 1.82) is 0 Å². The van der Waals surface area contributed by atoms with Gasteiger partial charge in [0, 0.05) is 0 Å². The van der Waals surface area contributed by atoms with E-state index < -0.39 is 18.4 Å². The molecule has 0 aromatic carbocycles. The van der Waals surface area contributed by atoms with E-state index in [1.807, 2.05) is 0 Å². The topological polar surface area (TPSA) is 12.0 Å². The molecule has 1 nitrogen and oxygen atoms in total. The molecule has 0 heterocycles. The Kier molecular flexibility index (Phi) is 2.77. The fourth-order valence-corrected chi connectivity index (χ4v) is 0.222. The van der Waals surface area contributed by atoms with Crippen LogP contribution in [0.15, 0.2) is 12.4 Å². The number of hydrogen-bond donors (Lipinski definition) is 1. The third kappa shape index (κ3) is 4.25. The van der Waals surface area contributed by atoms with Gasteiger partial charge in [-0.2, -0.15) is 18.5 Å². The molecular weight excluding hydrogens is 157 g/mol. The van der Waals surface area contributed by atoms with Crippen LogP contribution in [0, 0.1) is 0 Å². The molecule has 0 saturated heterocycles. The Morgan fingerprint density at radius 1 is 1.40 bits per heavy atom. The Morgan fingerprint density at radius 3 is 1.90 bits per heavy atom. The molecule has 1 atom stereocenters. The van der Waals surface area contributed by atoms with Crippen LogP contribution in [0.3, 0.4) is 0 Å². The molecule has 0 aliphatic heterocycles. The summed E-state index contributed by atoms with van der Waals surface area (Å²) in [6.45, 7) is 2.34. The van der Waals surface area contributed by atoms with Crippen molar-refractivity contribution in [3.8, 4) is 0 Å². The van der Waals surface area contributed by atoms with Crippen molar-refractivity contribution in [3.05, 3.63) is 12.4 Å². The molecule has 0 rings (SSSR count). The Bertz CT molecular complexity index is 128. The van der Waals surface area contributed by atoms with Gasteiger partial charge in [0.2, 0.25) is 6.30 Å². The number of alkyl halides is 4. The van der Waals surface area contributed by atoms with Crippen LogP contribution in [0.25, 0.3) is 0 Å². The Hall–Kier alpha value is -0.650. The maximum Gasteiger partial charge on any atom is 0.459 e. The van der Waals surface area contributed by atoms with Crippen LogP contribution < -0.4 is 5.32 Å². The van der Waals surface area contributed by atoms with Crippen molar-refractivity contribution < 1.29 is 22.0 Å². The van der Waals surface area contributed by atoms with Crippen molar-refractivity contribution in [2.75, 3.05) is 0 Å². The Balaban J connectivity index is 3.80. The zero-order chi connectivity index (χ0) is 8.36. The highest BCUT2D eigenvalue weighted by Crippen LogP contribution is 2.14. The molecule has 0 saturated carbocycles. The summed E-state index contributed by atoms with van der Waals surface area (Å²) < 4.78 is 56.5. The van der Waals surface area contributed by atoms with Crippen molar-refractivity contribution in [1.82, 2.24) is 5.32 Å². The van der Waals surface area contributed by atoms with E-state index in [0.717, 1.165) is 0 Å². The summed E-state index contributed by atoms with van der Waals surface area (Å²) in [5.41, 5.74) is 0. The molecule has 0 fully saturated rings. The molecule has 0 radical (unpaired) electrons. The first kappa shape index (κ1) is 9.35. The lowest BCUT2D eigenvalue weighted by Gasteiger charge is -2.10. The SMILES string of the molecule is C=C(F)C(F)NC(F)(F)F. The van der Waals surface area contributed by atoms with Crippen LogP contribution in [0.5, 0.6) is 0 Å². The molecule has 60 valence electrons. The number of rotatable bonds is 2. The first-order chi connectivity index (χ1) is 4.33. The second kappa shape index (κ2) is 2.96. The molecule has 1 unspecified atom stereocenters. The highest BCUT2D eigenvalue weighted by molar-refractivity contribution is 4.88. The summed E-state index contributed by atoms with van der Waals surface area (Å²) in [4.78, 5) is 0. The van der Waals surface area contributed by atoms with E-state index in [2.05, 4.69) is 6.58 Å². The summed E-state index contributed by atoms with van der Waals surface area (Å²) >= 11 is 0. The van der Waals surface area contributed by atoms with Crippen LogP contribution in [-0.2, 0) is 0 Å². The second-order valence-electron chi connectivity index (χ2n) is 1.45. The standard InChI is InChI=1S/C4H4F5N/c1-2(5)3(6)10-4(7,8)9/h3,10H,1H2. The lowest BCUT2D eigenvalue weighted by atomic mass is 10.5. The van der Waals surface area contributed by atoms with Gasteiger partial charge in [-0.25, -0.2) is 8.78 Å². The molecule has 0 aromatic heterocycles. The minimum atomic E-state index is -4.92. The molecule has 0 aromatic rings. The van der Waals surface area contributed by atoms with E-state index in [0.29, 0.717) is 5.32 Å². The summed E-state index contributed by atoms with van der Waals surface area (Å²) in [5, 5.41) is 0.377. The van der Waals surface area contributed by atoms with Crippen molar-refractivity contribution in [3.63, 3.8) is 0 Å². The van der Waals surface area contributed by atoms with Gasteiger partial charge in [-0.05, 0) is 0 Å². The molecule has 0 aliphatic rings. The van der Waals surface area contributed by atoms with Gasteiger partial charge in [0.05, 0.1) is 0 Å². The molecule has 0 amide bonds. The van der Waals surface area contributed by atoms with Crippen LogP contribution in [0.2, 0.25) is 0 Å². The molecule has 0 spiro atoms. The van der Waals surface area contributed by atoms with Gasteiger partial charge in [0.15, 0.2) is 0 Å². The van der Waals surface area contributed by atoms with Crippen molar-refractivity contribution >= 4 is 0 Å². The van der Waals surface area contributed by atoms with Gasteiger partial charge in [-0.1, -0.05) is 6.58 Å². The smallest absolute Gasteiger partial charge is 0.222 e. The van der Waals surface area contributed by atoms with Crippen LogP contribution in [0.1, 0.15) is 0 Å². The van der Waals surface area contributed by atoms with Gasteiger partial charge in [0.25, 0.3) is 0 Å². The summed E-state index contributed by atoms with van der Waals surface area (Å²) in [7, 11) is 0. The first-order valence-corrected chi connectivity index (χ1v) is 2.16. The predicted molar refractivity (Wildman–Crippen MR) is 24.3 cm³/mol. The molecule has 10 heavy (non-hydrogen) atoms. The predicted octanol–water partition coefficient (Wildman–Crippen LogP) is 1.87. The number of hydrogen-bond acceptors (Lipinski definition) is 1. The fourth-order valence-electron chi connectivity index (χ4n) is 0.222. The normalized spacial score (nSPS) is 14.9. The van der Waals surface area contributed by atoms with Gasteiger partial charge < -0.3 is 0 Å². The number of nitrogens with one attached hydrogen (secondary N) is 1. The molecule has 0 bridgehead atoms. The average Bonchev–Trinajstić information content (AvgIpc) is 1.60. The zero-order valence-electron chi connectivity index (χ0n) is 4.67. The van der Waals surface area contributed by atoms with Gasteiger partial charge in [-0.15, -0.1) is 0 Å². The Morgan fingerprint density at radius 2 is 1.80 bits per heavy atom. The summed E-state index contributed by atoms with van der Waals surface area (Å²) in [6.07, 6.45) is -7.80. The Labute approximate surface area is 53.5 Å². The third-order valence-corrected chi connectivity index (χ3v) is 0.565. The molecular formula is C4H4F5N. The molecule has 1 N–H and O–H groups in total. The average molecular weight is 161 g/mol. The summed E-state index contributed by atoms with van der Waals surface area (Å²) in [5.74, 6) is -1.70. The molecule has 6 heteroatoms. The monoisotopic (exact) mass is 161 g/mol. The highest BCUT2D eigenvalue weighted by atomic mass is 19.4. The lowest BCUT2D eigenvalue weighted by Crippen LogP contribution is -2.38. The minimum Gasteiger partial charge on any atom is -0.222 e.